The summed E-state index contributed by atoms with van der Waals surface area (Å²) in [5.74, 6) is -0.825. The van der Waals surface area contributed by atoms with E-state index in [9.17, 15) is 4.79 Å². The van der Waals surface area contributed by atoms with E-state index in [4.69, 9.17) is 15.3 Å². The van der Waals surface area contributed by atoms with Gasteiger partial charge in [0.15, 0.2) is 5.78 Å². The van der Waals surface area contributed by atoms with Gasteiger partial charge in [0.1, 0.15) is 12.2 Å². The van der Waals surface area contributed by atoms with Crippen LogP contribution in [-0.4, -0.2) is 53.6 Å². The zero-order valence-electron chi connectivity index (χ0n) is 6.23. The van der Waals surface area contributed by atoms with E-state index in [1.54, 1.807) is 0 Å². The number of methoxy groups -OCH3 is 1. The molecule has 0 amide bonds. The van der Waals surface area contributed by atoms with Crippen LogP contribution < -0.4 is 0 Å². The number of aliphatic hydroxyl groups excluding tert-OH is 3. The fourth-order valence-corrected chi connectivity index (χ4v) is 0.552. The van der Waals surface area contributed by atoms with Crippen LogP contribution in [0.3, 0.4) is 0 Å². The Morgan fingerprint density at radius 2 is 2.00 bits per heavy atom. The Bertz CT molecular complexity index is 124. The quantitative estimate of drug-likeness (QED) is 0.434. The summed E-state index contributed by atoms with van der Waals surface area (Å²) in [7, 11) is 1.32. The van der Waals surface area contributed by atoms with Crippen LogP contribution in [0.25, 0.3) is 0 Å². The number of Topliss-reactive ketones (excluding diaryl/α,β-unsaturated/α-hetero) is 1. The first-order valence-corrected chi connectivity index (χ1v) is 3.13. The molecule has 0 spiro atoms. The van der Waals surface area contributed by atoms with Gasteiger partial charge in [0.05, 0.1) is 13.2 Å². The predicted molar refractivity (Wildman–Crippen MR) is 36.0 cm³/mol. The summed E-state index contributed by atoms with van der Waals surface area (Å²) in [6.45, 7) is -0.852. The first-order valence-electron chi connectivity index (χ1n) is 3.13. The second-order valence-corrected chi connectivity index (χ2v) is 2.07. The van der Waals surface area contributed by atoms with Crippen molar-refractivity contribution in [1.82, 2.24) is 0 Å². The second-order valence-electron chi connectivity index (χ2n) is 2.07. The van der Waals surface area contributed by atoms with Crippen molar-refractivity contribution in [2.24, 2.45) is 0 Å². The molecule has 0 rings (SSSR count). The third-order valence-electron chi connectivity index (χ3n) is 1.15. The molecule has 0 bridgehead atoms. The molecule has 0 radical (unpaired) electrons. The minimum Gasteiger partial charge on any atom is -0.393 e. The van der Waals surface area contributed by atoms with Crippen LogP contribution in [0, 0.1) is 0 Å². The third-order valence-corrected chi connectivity index (χ3v) is 1.15. The molecule has 0 aliphatic heterocycles. The van der Waals surface area contributed by atoms with Crippen molar-refractivity contribution in [2.75, 3.05) is 20.3 Å². The molecule has 11 heavy (non-hydrogen) atoms. The third kappa shape index (κ3) is 3.43. The zero-order chi connectivity index (χ0) is 8.85. The molecule has 0 fully saturated rings. The normalized spacial score (nSPS) is 16.0. The van der Waals surface area contributed by atoms with Gasteiger partial charge in [0, 0.05) is 7.11 Å². The van der Waals surface area contributed by atoms with Gasteiger partial charge in [-0.1, -0.05) is 0 Å². The highest BCUT2D eigenvalue weighted by molar-refractivity contribution is 5.87. The van der Waals surface area contributed by atoms with Crippen molar-refractivity contribution in [3.8, 4) is 0 Å². The molecule has 0 saturated carbocycles. The Labute approximate surface area is 64.2 Å². The van der Waals surface area contributed by atoms with Gasteiger partial charge in [0.25, 0.3) is 0 Å². The number of aliphatic hydroxyl groups is 3. The average Bonchev–Trinajstić information content (AvgIpc) is 2.02. The molecule has 0 unspecified atom stereocenters. The van der Waals surface area contributed by atoms with Crippen LogP contribution in [-0.2, 0) is 9.53 Å². The number of hydrogen-bond donors (Lipinski definition) is 3. The van der Waals surface area contributed by atoms with Crippen LogP contribution in [0.2, 0.25) is 0 Å². The maximum absolute atomic E-state index is 10.7. The average molecular weight is 164 g/mol. The fourth-order valence-electron chi connectivity index (χ4n) is 0.552. The standard InChI is InChI=1S/C6H12O5/c1-11-3-5(9)6(10)4(8)2-7/h4-5,7-9H,2-3H2,1H3/t4-,5+/m0/s1. The van der Waals surface area contributed by atoms with Crippen LogP contribution in [0.5, 0.6) is 0 Å². The van der Waals surface area contributed by atoms with E-state index in [0.717, 1.165) is 0 Å². The van der Waals surface area contributed by atoms with Crippen molar-refractivity contribution in [3.05, 3.63) is 0 Å². The maximum Gasteiger partial charge on any atom is 0.194 e. The minimum absolute atomic E-state index is 0.171. The highest BCUT2D eigenvalue weighted by atomic mass is 16.5. The predicted octanol–water partition coefficient (Wildman–Crippen LogP) is -2.08. The van der Waals surface area contributed by atoms with Gasteiger partial charge in [0.2, 0.25) is 0 Å². The van der Waals surface area contributed by atoms with E-state index < -0.39 is 24.6 Å². The van der Waals surface area contributed by atoms with Crippen LogP contribution in [0.15, 0.2) is 0 Å². The van der Waals surface area contributed by atoms with Crippen LogP contribution >= 0.6 is 0 Å². The van der Waals surface area contributed by atoms with Gasteiger partial charge in [-0.2, -0.15) is 0 Å². The summed E-state index contributed by atoms with van der Waals surface area (Å²) in [5, 5.41) is 25.9. The van der Waals surface area contributed by atoms with Crippen molar-refractivity contribution in [1.29, 1.82) is 0 Å². The molecule has 0 aliphatic carbocycles. The van der Waals surface area contributed by atoms with Crippen molar-refractivity contribution >= 4 is 5.78 Å². The van der Waals surface area contributed by atoms with E-state index in [0.29, 0.717) is 0 Å². The fraction of sp³-hybridized carbons (Fsp3) is 0.833. The topological polar surface area (TPSA) is 87.0 Å². The van der Waals surface area contributed by atoms with Crippen LogP contribution in [0.1, 0.15) is 0 Å². The summed E-state index contributed by atoms with van der Waals surface area (Å²) < 4.78 is 4.46. The molecule has 5 heteroatoms. The minimum atomic E-state index is -1.51. The van der Waals surface area contributed by atoms with Gasteiger partial charge in [-0.15, -0.1) is 0 Å². The lowest BCUT2D eigenvalue weighted by molar-refractivity contribution is -0.139. The molecule has 0 heterocycles. The summed E-state index contributed by atoms with van der Waals surface area (Å²) in [4.78, 5) is 10.7. The van der Waals surface area contributed by atoms with E-state index in [2.05, 4.69) is 4.74 Å². The number of ether oxygens (including phenoxy) is 1. The van der Waals surface area contributed by atoms with E-state index >= 15 is 0 Å². The summed E-state index contributed by atoms with van der Waals surface area (Å²) in [6.07, 6.45) is -2.87. The molecule has 0 aromatic heterocycles. The number of carbonyl (C=O) groups is 1. The molecular formula is C6H12O5. The smallest absolute Gasteiger partial charge is 0.194 e. The van der Waals surface area contributed by atoms with Crippen LogP contribution in [0.4, 0.5) is 0 Å². The van der Waals surface area contributed by atoms with Gasteiger partial charge in [-0.05, 0) is 0 Å². The van der Waals surface area contributed by atoms with Crippen molar-refractivity contribution in [3.63, 3.8) is 0 Å². The van der Waals surface area contributed by atoms with Gasteiger partial charge in [-0.25, -0.2) is 0 Å². The largest absolute Gasteiger partial charge is 0.393 e. The Hall–Kier alpha value is -0.490. The van der Waals surface area contributed by atoms with E-state index in [1.165, 1.54) is 7.11 Å². The Morgan fingerprint density at radius 1 is 1.45 bits per heavy atom. The number of hydrogen-bond acceptors (Lipinski definition) is 5. The first-order chi connectivity index (χ1) is 5.13. The molecule has 0 aromatic carbocycles. The van der Waals surface area contributed by atoms with Crippen molar-refractivity contribution in [2.45, 2.75) is 12.2 Å². The molecule has 3 N–H and O–H groups in total. The molecular weight excluding hydrogens is 152 g/mol. The molecule has 2 atom stereocenters. The molecule has 0 aliphatic rings. The van der Waals surface area contributed by atoms with Gasteiger partial charge < -0.3 is 20.1 Å². The Kier molecular flexibility index (Phi) is 4.97. The Morgan fingerprint density at radius 3 is 2.36 bits per heavy atom. The summed E-state index contributed by atoms with van der Waals surface area (Å²) >= 11 is 0. The second kappa shape index (κ2) is 5.20. The highest BCUT2D eigenvalue weighted by Gasteiger charge is 2.22. The molecule has 0 saturated heterocycles. The van der Waals surface area contributed by atoms with Gasteiger partial charge in [-0.3, -0.25) is 4.79 Å². The summed E-state index contributed by atoms with van der Waals surface area (Å²) in [5.41, 5.74) is 0. The summed E-state index contributed by atoms with van der Waals surface area (Å²) in [6, 6.07) is 0. The van der Waals surface area contributed by atoms with Crippen molar-refractivity contribution < 1.29 is 24.9 Å². The zero-order valence-corrected chi connectivity index (χ0v) is 6.23. The molecule has 0 aromatic rings. The lowest BCUT2D eigenvalue weighted by Crippen LogP contribution is -2.37. The van der Waals surface area contributed by atoms with Gasteiger partial charge >= 0.3 is 0 Å². The SMILES string of the molecule is COC[C@@H](O)C(=O)[C@@H](O)CO. The van der Waals surface area contributed by atoms with E-state index in [1.807, 2.05) is 0 Å². The molecule has 66 valence electrons. The maximum atomic E-state index is 10.7. The number of rotatable bonds is 5. The lowest BCUT2D eigenvalue weighted by Gasteiger charge is -2.10. The molecule has 5 nitrogen and oxygen atoms in total. The first kappa shape index (κ1) is 10.5. The van der Waals surface area contributed by atoms with E-state index in [-0.39, 0.29) is 6.61 Å². The highest BCUT2D eigenvalue weighted by Crippen LogP contribution is 1.92. The monoisotopic (exact) mass is 164 g/mol. The lowest BCUT2D eigenvalue weighted by atomic mass is 10.1. The number of carbonyl (C=O) groups excluding carboxylic acids is 1. The number of ketones is 1. The Balaban J connectivity index is 3.81.